The van der Waals surface area contributed by atoms with Crippen LogP contribution in [-0.2, 0) is 4.74 Å². The molecular weight excluding hydrogens is 226 g/mol. The van der Waals surface area contributed by atoms with Crippen molar-refractivity contribution in [2.45, 2.75) is 6.92 Å². The highest BCUT2D eigenvalue weighted by atomic mass is 32.1. The first-order chi connectivity index (χ1) is 7.81. The van der Waals surface area contributed by atoms with Crippen LogP contribution < -0.4 is 0 Å². The zero-order valence-corrected chi connectivity index (χ0v) is 9.40. The third-order valence-electron chi connectivity index (χ3n) is 1.82. The minimum absolute atomic E-state index is 0.332. The van der Waals surface area contributed by atoms with Crippen molar-refractivity contribution in [2.75, 3.05) is 6.61 Å². The Morgan fingerprint density at radius 3 is 3.06 bits per heavy atom. The molecule has 0 radical (unpaired) electrons. The van der Waals surface area contributed by atoms with Crippen LogP contribution in [-0.4, -0.2) is 27.8 Å². The highest BCUT2D eigenvalue weighted by Gasteiger charge is 2.12. The molecule has 2 heterocycles. The van der Waals surface area contributed by atoms with Gasteiger partial charge in [-0.25, -0.2) is 9.78 Å². The molecule has 0 amide bonds. The molecule has 0 fully saturated rings. The lowest BCUT2D eigenvalue weighted by atomic mass is 10.3. The maximum atomic E-state index is 11.4. The van der Waals surface area contributed by atoms with Crippen LogP contribution in [0.2, 0.25) is 0 Å². The highest BCUT2D eigenvalue weighted by Crippen LogP contribution is 2.22. The summed E-state index contributed by atoms with van der Waals surface area (Å²) in [6.45, 7) is 2.11. The molecule has 0 bridgehead atoms. The molecule has 16 heavy (non-hydrogen) atoms. The Kier molecular flexibility index (Phi) is 3.21. The molecule has 0 unspecified atom stereocenters. The number of carbonyl (C=O) groups is 1. The summed E-state index contributed by atoms with van der Waals surface area (Å²) in [6.07, 6.45) is 3.19. The van der Waals surface area contributed by atoms with Crippen LogP contribution in [0, 0.1) is 0 Å². The number of hydrogen-bond donors (Lipinski definition) is 0. The largest absolute Gasteiger partial charge is 0.461 e. The number of thiazole rings is 1. The van der Waals surface area contributed by atoms with E-state index >= 15 is 0 Å². The van der Waals surface area contributed by atoms with Crippen molar-refractivity contribution in [1.82, 2.24) is 15.2 Å². The SMILES string of the molecule is CCOC(=O)c1csc(-c2ccnnc2)n1. The molecule has 0 spiro atoms. The van der Waals surface area contributed by atoms with Gasteiger partial charge in [0.25, 0.3) is 0 Å². The zero-order valence-electron chi connectivity index (χ0n) is 8.58. The van der Waals surface area contributed by atoms with Crippen molar-refractivity contribution in [3.63, 3.8) is 0 Å². The van der Waals surface area contributed by atoms with E-state index in [-0.39, 0.29) is 0 Å². The van der Waals surface area contributed by atoms with Crippen LogP contribution in [0.25, 0.3) is 10.6 Å². The smallest absolute Gasteiger partial charge is 0.357 e. The monoisotopic (exact) mass is 235 g/mol. The first-order valence-electron chi connectivity index (χ1n) is 4.71. The van der Waals surface area contributed by atoms with Crippen LogP contribution in [0.4, 0.5) is 0 Å². The maximum Gasteiger partial charge on any atom is 0.357 e. The fraction of sp³-hybridized carbons (Fsp3) is 0.200. The number of ether oxygens (including phenoxy) is 1. The van der Waals surface area contributed by atoms with Crippen molar-refractivity contribution in [3.05, 3.63) is 29.5 Å². The van der Waals surface area contributed by atoms with Gasteiger partial charge in [-0.05, 0) is 13.0 Å². The van der Waals surface area contributed by atoms with Gasteiger partial charge in [-0.2, -0.15) is 10.2 Å². The van der Waals surface area contributed by atoms with Crippen LogP contribution in [0.1, 0.15) is 17.4 Å². The Balaban J connectivity index is 2.23. The average molecular weight is 235 g/mol. The summed E-state index contributed by atoms with van der Waals surface area (Å²) in [5.74, 6) is -0.396. The van der Waals surface area contributed by atoms with Gasteiger partial charge in [-0.3, -0.25) is 0 Å². The van der Waals surface area contributed by atoms with Gasteiger partial charge in [0.05, 0.1) is 19.0 Å². The van der Waals surface area contributed by atoms with Crippen molar-refractivity contribution < 1.29 is 9.53 Å². The van der Waals surface area contributed by atoms with Crippen LogP contribution in [0.5, 0.6) is 0 Å². The second kappa shape index (κ2) is 4.80. The fourth-order valence-electron chi connectivity index (χ4n) is 1.12. The summed E-state index contributed by atoms with van der Waals surface area (Å²) in [5.41, 5.74) is 1.18. The number of nitrogens with zero attached hydrogens (tertiary/aromatic N) is 3. The minimum Gasteiger partial charge on any atom is -0.461 e. The molecule has 2 aromatic heterocycles. The molecular formula is C10H9N3O2S. The molecule has 5 nitrogen and oxygen atoms in total. The number of esters is 1. The topological polar surface area (TPSA) is 65.0 Å². The first-order valence-corrected chi connectivity index (χ1v) is 5.59. The molecule has 82 valence electrons. The van der Waals surface area contributed by atoms with E-state index in [0.29, 0.717) is 12.3 Å². The summed E-state index contributed by atoms with van der Waals surface area (Å²) < 4.78 is 4.85. The number of hydrogen-bond acceptors (Lipinski definition) is 6. The molecule has 0 saturated carbocycles. The predicted molar refractivity (Wildman–Crippen MR) is 59.1 cm³/mol. The molecule has 0 aliphatic carbocycles. The van der Waals surface area contributed by atoms with E-state index in [0.717, 1.165) is 10.6 Å². The molecule has 2 aromatic rings. The van der Waals surface area contributed by atoms with Gasteiger partial charge in [0.15, 0.2) is 5.69 Å². The summed E-state index contributed by atoms with van der Waals surface area (Å²) >= 11 is 1.38. The van der Waals surface area contributed by atoms with E-state index in [1.54, 1.807) is 30.8 Å². The van der Waals surface area contributed by atoms with Gasteiger partial charge >= 0.3 is 5.97 Å². The Morgan fingerprint density at radius 1 is 1.50 bits per heavy atom. The zero-order chi connectivity index (χ0) is 11.4. The lowest BCUT2D eigenvalue weighted by Gasteiger charge is -1.96. The second-order valence-electron chi connectivity index (χ2n) is 2.89. The molecule has 0 aromatic carbocycles. The van der Waals surface area contributed by atoms with Gasteiger partial charge in [0, 0.05) is 10.9 Å². The summed E-state index contributed by atoms with van der Waals surface area (Å²) in [7, 11) is 0. The van der Waals surface area contributed by atoms with Gasteiger partial charge < -0.3 is 4.74 Å². The quantitative estimate of drug-likeness (QED) is 0.759. The van der Waals surface area contributed by atoms with Crippen LogP contribution in [0.15, 0.2) is 23.8 Å². The predicted octanol–water partition coefficient (Wildman–Crippen LogP) is 1.78. The lowest BCUT2D eigenvalue weighted by molar-refractivity contribution is 0.0520. The maximum absolute atomic E-state index is 11.4. The Hall–Kier alpha value is -1.82. The summed E-state index contributed by atoms with van der Waals surface area (Å²) in [5, 5.41) is 9.84. The van der Waals surface area contributed by atoms with Crippen molar-refractivity contribution in [1.29, 1.82) is 0 Å². The Morgan fingerprint density at radius 2 is 2.38 bits per heavy atom. The van der Waals surface area contributed by atoms with E-state index in [9.17, 15) is 4.79 Å². The standard InChI is InChI=1S/C10H9N3O2S/c1-2-15-10(14)8-6-16-9(13-8)7-3-4-11-12-5-7/h3-6H,2H2,1H3. The van der Waals surface area contributed by atoms with E-state index < -0.39 is 5.97 Å². The number of aromatic nitrogens is 3. The van der Waals surface area contributed by atoms with Crippen molar-refractivity contribution in [2.24, 2.45) is 0 Å². The van der Waals surface area contributed by atoms with Crippen molar-refractivity contribution >= 4 is 17.3 Å². The first kappa shape index (κ1) is 10.7. The van der Waals surface area contributed by atoms with Crippen LogP contribution >= 0.6 is 11.3 Å². The average Bonchev–Trinajstić information content (AvgIpc) is 2.80. The van der Waals surface area contributed by atoms with E-state index in [4.69, 9.17) is 4.74 Å². The second-order valence-corrected chi connectivity index (χ2v) is 3.75. The van der Waals surface area contributed by atoms with Crippen LogP contribution in [0.3, 0.4) is 0 Å². The minimum atomic E-state index is -0.396. The lowest BCUT2D eigenvalue weighted by Crippen LogP contribution is -2.04. The molecule has 0 aliphatic heterocycles. The molecule has 0 atom stereocenters. The van der Waals surface area contributed by atoms with E-state index in [1.807, 2.05) is 0 Å². The molecule has 0 saturated heterocycles. The third kappa shape index (κ3) is 2.22. The molecule has 0 N–H and O–H groups in total. The number of rotatable bonds is 3. The highest BCUT2D eigenvalue weighted by molar-refractivity contribution is 7.13. The van der Waals surface area contributed by atoms with E-state index in [2.05, 4.69) is 15.2 Å². The fourth-order valence-corrected chi connectivity index (χ4v) is 1.90. The number of carbonyl (C=O) groups excluding carboxylic acids is 1. The molecule has 0 aliphatic rings. The Labute approximate surface area is 96.1 Å². The van der Waals surface area contributed by atoms with Gasteiger partial charge in [-0.1, -0.05) is 0 Å². The molecule has 6 heteroatoms. The summed E-state index contributed by atoms with van der Waals surface area (Å²) in [6, 6.07) is 1.79. The normalized spacial score (nSPS) is 10.1. The van der Waals surface area contributed by atoms with Crippen molar-refractivity contribution in [3.8, 4) is 10.6 Å². The molecule has 2 rings (SSSR count). The third-order valence-corrected chi connectivity index (χ3v) is 2.71. The van der Waals surface area contributed by atoms with Gasteiger partial charge in [0.2, 0.25) is 0 Å². The van der Waals surface area contributed by atoms with Gasteiger partial charge in [-0.15, -0.1) is 11.3 Å². The summed E-state index contributed by atoms with van der Waals surface area (Å²) in [4.78, 5) is 15.6. The Bertz CT molecular complexity index is 484. The van der Waals surface area contributed by atoms with Gasteiger partial charge in [0.1, 0.15) is 5.01 Å². The van der Waals surface area contributed by atoms with E-state index in [1.165, 1.54) is 11.3 Å².